The summed E-state index contributed by atoms with van der Waals surface area (Å²) in [6.07, 6.45) is 6.04. The van der Waals surface area contributed by atoms with E-state index in [1.807, 2.05) is 54.6 Å². The van der Waals surface area contributed by atoms with E-state index in [0.29, 0.717) is 18.9 Å². The molecule has 1 saturated carbocycles. The van der Waals surface area contributed by atoms with Crippen molar-refractivity contribution in [3.63, 3.8) is 0 Å². The fourth-order valence-corrected chi connectivity index (χ4v) is 3.44. The van der Waals surface area contributed by atoms with Crippen LogP contribution in [0.2, 0.25) is 0 Å². The second-order valence-corrected chi connectivity index (χ2v) is 7.34. The van der Waals surface area contributed by atoms with Crippen LogP contribution < -0.4 is 10.1 Å². The molecule has 0 saturated heterocycles. The minimum absolute atomic E-state index is 0.0402. The van der Waals surface area contributed by atoms with Gasteiger partial charge in [0.25, 0.3) is 0 Å². The van der Waals surface area contributed by atoms with Crippen LogP contribution in [0.1, 0.15) is 37.7 Å². The molecule has 1 N–H and O–H groups in total. The molecule has 5 heteroatoms. The summed E-state index contributed by atoms with van der Waals surface area (Å²) in [5.41, 5.74) is 1.80. The largest absolute Gasteiger partial charge is 0.490 e. The molecule has 0 aliphatic heterocycles. The van der Waals surface area contributed by atoms with Crippen LogP contribution in [0.25, 0.3) is 0 Å². The lowest BCUT2D eigenvalue weighted by Gasteiger charge is -2.17. The van der Waals surface area contributed by atoms with Crippen molar-refractivity contribution >= 4 is 17.5 Å². The van der Waals surface area contributed by atoms with Gasteiger partial charge in [0.1, 0.15) is 5.75 Å². The highest BCUT2D eigenvalue weighted by Crippen LogP contribution is 2.24. The molecule has 0 spiro atoms. The summed E-state index contributed by atoms with van der Waals surface area (Å²) >= 11 is 0. The number of nitrogens with one attached hydrogen (secondary N) is 1. The van der Waals surface area contributed by atoms with Crippen molar-refractivity contribution < 1.29 is 14.3 Å². The number of hydrogen-bond acceptors (Lipinski definition) is 3. The van der Waals surface area contributed by atoms with E-state index in [2.05, 4.69) is 5.32 Å². The summed E-state index contributed by atoms with van der Waals surface area (Å²) in [4.78, 5) is 25.9. The molecule has 0 atom stereocenters. The van der Waals surface area contributed by atoms with E-state index in [4.69, 9.17) is 4.74 Å². The second-order valence-electron chi connectivity index (χ2n) is 7.34. The molecular weight excluding hydrogens is 352 g/mol. The van der Waals surface area contributed by atoms with Crippen molar-refractivity contribution in [2.45, 2.75) is 44.6 Å². The second kappa shape index (κ2) is 9.93. The standard InChI is InChI=1S/C23H28N2O3/c1-25(17-22(26)24-19-9-3-2-4-10-19)23(27)15-14-18-8-7-13-21(16-18)28-20-11-5-6-12-20/h2-4,7-10,13,16,20H,5-6,11-12,14-15,17H2,1H3,(H,24,26). The Morgan fingerprint density at radius 3 is 2.57 bits per heavy atom. The smallest absolute Gasteiger partial charge is 0.243 e. The fourth-order valence-electron chi connectivity index (χ4n) is 3.44. The van der Waals surface area contributed by atoms with Gasteiger partial charge in [-0.1, -0.05) is 30.3 Å². The Labute approximate surface area is 166 Å². The minimum atomic E-state index is -0.200. The summed E-state index contributed by atoms with van der Waals surface area (Å²) in [5, 5.41) is 2.79. The Balaban J connectivity index is 1.44. The first kappa shape index (κ1) is 19.9. The van der Waals surface area contributed by atoms with Gasteiger partial charge >= 0.3 is 0 Å². The van der Waals surface area contributed by atoms with E-state index < -0.39 is 0 Å². The molecular formula is C23H28N2O3. The Bertz CT molecular complexity index is 785. The van der Waals surface area contributed by atoms with Crippen LogP contribution in [-0.2, 0) is 16.0 Å². The molecule has 0 aromatic heterocycles. The molecule has 5 nitrogen and oxygen atoms in total. The Morgan fingerprint density at radius 1 is 1.07 bits per heavy atom. The number of ether oxygens (including phenoxy) is 1. The molecule has 1 fully saturated rings. The van der Waals surface area contributed by atoms with Crippen molar-refractivity contribution in [3.8, 4) is 5.75 Å². The van der Waals surface area contributed by atoms with E-state index >= 15 is 0 Å². The Hall–Kier alpha value is -2.82. The Kier molecular flexibility index (Phi) is 7.06. The number of carbonyl (C=O) groups is 2. The summed E-state index contributed by atoms with van der Waals surface area (Å²) in [6.45, 7) is 0.0402. The first-order chi connectivity index (χ1) is 13.6. The zero-order valence-electron chi connectivity index (χ0n) is 16.4. The van der Waals surface area contributed by atoms with Crippen LogP contribution in [0.4, 0.5) is 5.69 Å². The van der Waals surface area contributed by atoms with Gasteiger partial charge in [0, 0.05) is 19.2 Å². The maximum atomic E-state index is 12.4. The first-order valence-corrected chi connectivity index (χ1v) is 9.94. The highest BCUT2D eigenvalue weighted by molar-refractivity contribution is 5.94. The maximum absolute atomic E-state index is 12.4. The number of anilines is 1. The Morgan fingerprint density at radius 2 is 1.82 bits per heavy atom. The molecule has 0 heterocycles. The molecule has 2 aromatic carbocycles. The fraction of sp³-hybridized carbons (Fsp3) is 0.391. The molecule has 0 unspecified atom stereocenters. The average Bonchev–Trinajstić information content (AvgIpc) is 3.20. The van der Waals surface area contributed by atoms with E-state index in [9.17, 15) is 9.59 Å². The molecule has 2 aromatic rings. The zero-order chi connectivity index (χ0) is 19.8. The summed E-state index contributed by atoms with van der Waals surface area (Å²) in [7, 11) is 1.66. The quantitative estimate of drug-likeness (QED) is 0.752. The predicted octanol–water partition coefficient (Wildman–Crippen LogP) is 4.04. The van der Waals surface area contributed by atoms with Gasteiger partial charge in [-0.2, -0.15) is 0 Å². The van der Waals surface area contributed by atoms with Gasteiger partial charge in [0.2, 0.25) is 11.8 Å². The van der Waals surface area contributed by atoms with Gasteiger partial charge in [-0.05, 0) is 61.9 Å². The van der Waals surface area contributed by atoms with Crippen molar-refractivity contribution in [1.82, 2.24) is 4.90 Å². The minimum Gasteiger partial charge on any atom is -0.490 e. The van der Waals surface area contributed by atoms with Gasteiger partial charge in [0.05, 0.1) is 12.6 Å². The average molecular weight is 380 g/mol. The molecule has 28 heavy (non-hydrogen) atoms. The number of hydrogen-bond donors (Lipinski definition) is 1. The number of para-hydroxylation sites is 1. The molecule has 1 aliphatic rings. The number of nitrogens with zero attached hydrogens (tertiary/aromatic N) is 1. The summed E-state index contributed by atoms with van der Waals surface area (Å²) in [6, 6.07) is 17.2. The number of benzene rings is 2. The highest BCUT2D eigenvalue weighted by atomic mass is 16.5. The molecule has 3 rings (SSSR count). The van der Waals surface area contributed by atoms with Crippen LogP contribution >= 0.6 is 0 Å². The van der Waals surface area contributed by atoms with Gasteiger partial charge in [0.15, 0.2) is 0 Å². The number of likely N-dealkylation sites (N-methyl/N-ethyl adjacent to an activating group) is 1. The molecule has 1 aliphatic carbocycles. The summed E-state index contributed by atoms with van der Waals surface area (Å²) in [5.74, 6) is 0.631. The SMILES string of the molecule is CN(CC(=O)Nc1ccccc1)C(=O)CCc1cccc(OC2CCCC2)c1. The van der Waals surface area contributed by atoms with Crippen molar-refractivity contribution in [2.75, 3.05) is 18.9 Å². The van der Waals surface area contributed by atoms with E-state index in [0.717, 1.165) is 29.8 Å². The number of carbonyl (C=O) groups excluding carboxylic acids is 2. The topological polar surface area (TPSA) is 58.6 Å². The third kappa shape index (κ3) is 6.12. The monoisotopic (exact) mass is 380 g/mol. The van der Waals surface area contributed by atoms with Gasteiger partial charge in [-0.3, -0.25) is 9.59 Å². The van der Waals surface area contributed by atoms with E-state index in [1.54, 1.807) is 7.05 Å². The van der Waals surface area contributed by atoms with Gasteiger partial charge < -0.3 is 15.0 Å². The van der Waals surface area contributed by atoms with E-state index in [-0.39, 0.29) is 18.4 Å². The molecule has 0 bridgehead atoms. The van der Waals surface area contributed by atoms with Crippen LogP contribution in [0, 0.1) is 0 Å². The van der Waals surface area contributed by atoms with Crippen molar-refractivity contribution in [2.24, 2.45) is 0 Å². The van der Waals surface area contributed by atoms with E-state index in [1.165, 1.54) is 17.7 Å². The van der Waals surface area contributed by atoms with Crippen LogP contribution in [0.3, 0.4) is 0 Å². The highest BCUT2D eigenvalue weighted by Gasteiger charge is 2.17. The molecule has 148 valence electrons. The van der Waals surface area contributed by atoms with Gasteiger partial charge in [-0.15, -0.1) is 0 Å². The van der Waals surface area contributed by atoms with Crippen LogP contribution in [0.5, 0.6) is 5.75 Å². The normalized spacial score (nSPS) is 13.9. The zero-order valence-corrected chi connectivity index (χ0v) is 16.4. The van der Waals surface area contributed by atoms with Crippen LogP contribution in [0.15, 0.2) is 54.6 Å². The van der Waals surface area contributed by atoms with Crippen LogP contribution in [-0.4, -0.2) is 36.4 Å². The number of aryl methyl sites for hydroxylation is 1. The number of amides is 2. The third-order valence-electron chi connectivity index (χ3n) is 5.00. The van der Waals surface area contributed by atoms with Crippen molar-refractivity contribution in [1.29, 1.82) is 0 Å². The predicted molar refractivity (Wildman–Crippen MR) is 110 cm³/mol. The lowest BCUT2D eigenvalue weighted by Crippen LogP contribution is -2.35. The lowest BCUT2D eigenvalue weighted by molar-refractivity contribution is -0.133. The molecule has 2 amide bonds. The third-order valence-corrected chi connectivity index (χ3v) is 5.00. The first-order valence-electron chi connectivity index (χ1n) is 9.94. The number of rotatable bonds is 8. The van der Waals surface area contributed by atoms with Crippen molar-refractivity contribution in [3.05, 3.63) is 60.2 Å². The van der Waals surface area contributed by atoms with Gasteiger partial charge in [-0.25, -0.2) is 0 Å². The maximum Gasteiger partial charge on any atom is 0.243 e. The molecule has 0 radical (unpaired) electrons. The lowest BCUT2D eigenvalue weighted by atomic mass is 10.1. The summed E-state index contributed by atoms with van der Waals surface area (Å²) < 4.78 is 6.03.